The Kier molecular flexibility index (Phi) is 12.4. The van der Waals surface area contributed by atoms with Gasteiger partial charge >= 0.3 is 0 Å². The van der Waals surface area contributed by atoms with Crippen LogP contribution in [0.2, 0.25) is 0 Å². The first-order valence-corrected chi connectivity index (χ1v) is 8.72. The van der Waals surface area contributed by atoms with Gasteiger partial charge in [-0.05, 0) is 45.7 Å². The Bertz CT molecular complexity index is 301. The molecule has 4 nitrogen and oxygen atoms in total. The summed E-state index contributed by atoms with van der Waals surface area (Å²) in [6, 6.07) is 1.26. The van der Waals surface area contributed by atoms with Crippen molar-refractivity contribution in [3.05, 3.63) is 0 Å². The van der Waals surface area contributed by atoms with Crippen molar-refractivity contribution in [3.63, 3.8) is 0 Å². The predicted octanol–water partition coefficient (Wildman–Crippen LogP) is 3.47. The van der Waals surface area contributed by atoms with Crippen LogP contribution in [0.5, 0.6) is 0 Å². The summed E-state index contributed by atoms with van der Waals surface area (Å²) in [7, 11) is 4.13. The summed E-state index contributed by atoms with van der Waals surface area (Å²) in [4.78, 5) is 6.85. The fraction of sp³-hybridized carbons (Fsp3) is 0.941. The molecule has 0 aromatic rings. The first kappa shape index (κ1) is 22.0. The van der Waals surface area contributed by atoms with Gasteiger partial charge in [0, 0.05) is 25.7 Å². The molecule has 0 aromatic carbocycles. The van der Waals surface area contributed by atoms with Crippen LogP contribution in [0.3, 0.4) is 0 Å². The summed E-state index contributed by atoms with van der Waals surface area (Å²) in [6.45, 7) is 8.82. The number of hydrogen-bond acceptors (Lipinski definition) is 2. The minimum absolute atomic E-state index is 0. The highest BCUT2D eigenvalue weighted by molar-refractivity contribution is 14.0. The molecule has 0 spiro atoms. The maximum Gasteiger partial charge on any atom is 0.191 e. The van der Waals surface area contributed by atoms with Crippen molar-refractivity contribution in [1.82, 2.24) is 15.5 Å². The van der Waals surface area contributed by atoms with Crippen LogP contribution >= 0.6 is 24.0 Å². The standard InChI is InChI=1S/C17H36N4.HI/c1-14(2)15(3)20-17(18-4)19-12-9-13-21(5)16-10-7-6-8-11-16;/h14-16H,6-13H2,1-5H3,(H2,18,19,20);1H. The summed E-state index contributed by atoms with van der Waals surface area (Å²) in [5, 5.41) is 6.87. The van der Waals surface area contributed by atoms with Crippen LogP contribution in [0.25, 0.3) is 0 Å². The van der Waals surface area contributed by atoms with Gasteiger partial charge in [0.1, 0.15) is 0 Å². The first-order valence-electron chi connectivity index (χ1n) is 8.72. The molecule has 22 heavy (non-hydrogen) atoms. The number of hydrogen-bond donors (Lipinski definition) is 2. The van der Waals surface area contributed by atoms with Gasteiger partial charge in [-0.15, -0.1) is 24.0 Å². The van der Waals surface area contributed by atoms with Crippen molar-refractivity contribution >= 4 is 29.9 Å². The Morgan fingerprint density at radius 3 is 2.36 bits per heavy atom. The third-order valence-corrected chi connectivity index (χ3v) is 4.77. The molecule has 0 saturated heterocycles. The number of nitrogens with one attached hydrogen (secondary N) is 2. The van der Waals surface area contributed by atoms with Crippen molar-refractivity contribution in [1.29, 1.82) is 0 Å². The molecule has 0 heterocycles. The van der Waals surface area contributed by atoms with Gasteiger partial charge in [0.2, 0.25) is 0 Å². The van der Waals surface area contributed by atoms with E-state index in [0.29, 0.717) is 12.0 Å². The lowest BCUT2D eigenvalue weighted by molar-refractivity contribution is 0.190. The van der Waals surface area contributed by atoms with E-state index in [2.05, 4.69) is 48.3 Å². The van der Waals surface area contributed by atoms with E-state index in [4.69, 9.17) is 0 Å². The van der Waals surface area contributed by atoms with Crippen LogP contribution < -0.4 is 10.6 Å². The quantitative estimate of drug-likeness (QED) is 0.285. The Morgan fingerprint density at radius 2 is 1.82 bits per heavy atom. The second kappa shape index (κ2) is 12.4. The van der Waals surface area contributed by atoms with Gasteiger partial charge < -0.3 is 15.5 Å². The molecule has 1 atom stereocenters. The number of nitrogens with zero attached hydrogens (tertiary/aromatic N) is 2. The zero-order valence-corrected chi connectivity index (χ0v) is 17.5. The van der Waals surface area contributed by atoms with Crippen molar-refractivity contribution < 1.29 is 0 Å². The topological polar surface area (TPSA) is 39.7 Å². The number of aliphatic imine (C=N–C) groups is 1. The van der Waals surface area contributed by atoms with Gasteiger partial charge in [0.25, 0.3) is 0 Å². The van der Waals surface area contributed by atoms with Gasteiger partial charge in [0.05, 0.1) is 0 Å². The van der Waals surface area contributed by atoms with Gasteiger partial charge in [-0.1, -0.05) is 33.1 Å². The second-order valence-electron chi connectivity index (χ2n) is 6.80. The average molecular weight is 424 g/mol. The average Bonchev–Trinajstić information content (AvgIpc) is 2.50. The van der Waals surface area contributed by atoms with E-state index in [1.807, 2.05) is 7.05 Å². The summed E-state index contributed by atoms with van der Waals surface area (Å²) < 4.78 is 0. The Morgan fingerprint density at radius 1 is 1.18 bits per heavy atom. The third-order valence-electron chi connectivity index (χ3n) is 4.77. The molecule has 132 valence electrons. The summed E-state index contributed by atoms with van der Waals surface area (Å²) in [5.74, 6) is 1.54. The fourth-order valence-electron chi connectivity index (χ4n) is 2.82. The fourth-order valence-corrected chi connectivity index (χ4v) is 2.82. The molecule has 1 aliphatic carbocycles. The highest BCUT2D eigenvalue weighted by atomic mass is 127. The van der Waals surface area contributed by atoms with E-state index in [1.54, 1.807) is 0 Å². The molecule has 1 fully saturated rings. The second-order valence-corrected chi connectivity index (χ2v) is 6.80. The van der Waals surface area contributed by atoms with Crippen LogP contribution in [0.4, 0.5) is 0 Å². The Hall–Kier alpha value is -0.0400. The van der Waals surface area contributed by atoms with E-state index in [9.17, 15) is 0 Å². The van der Waals surface area contributed by atoms with E-state index in [0.717, 1.165) is 18.5 Å². The van der Waals surface area contributed by atoms with Crippen molar-refractivity contribution in [2.24, 2.45) is 10.9 Å². The normalized spacial score (nSPS) is 18.2. The monoisotopic (exact) mass is 424 g/mol. The van der Waals surface area contributed by atoms with E-state index < -0.39 is 0 Å². The number of halogens is 1. The maximum atomic E-state index is 4.30. The van der Waals surface area contributed by atoms with Crippen LogP contribution in [0.15, 0.2) is 4.99 Å². The molecular formula is C17H37IN4. The third kappa shape index (κ3) is 8.56. The van der Waals surface area contributed by atoms with E-state index >= 15 is 0 Å². The molecule has 0 bridgehead atoms. The van der Waals surface area contributed by atoms with Gasteiger partial charge in [-0.25, -0.2) is 0 Å². The minimum atomic E-state index is 0. The maximum absolute atomic E-state index is 4.30. The molecule has 0 aliphatic heterocycles. The van der Waals surface area contributed by atoms with E-state index in [-0.39, 0.29) is 24.0 Å². The van der Waals surface area contributed by atoms with Crippen LogP contribution in [0.1, 0.15) is 59.3 Å². The molecule has 1 rings (SSSR count). The molecule has 0 amide bonds. The zero-order valence-electron chi connectivity index (χ0n) is 15.2. The summed E-state index contributed by atoms with van der Waals surface area (Å²) in [6.07, 6.45) is 8.21. The molecule has 1 aliphatic rings. The summed E-state index contributed by atoms with van der Waals surface area (Å²) in [5.41, 5.74) is 0. The van der Waals surface area contributed by atoms with E-state index in [1.165, 1.54) is 45.1 Å². The Labute approximate surface area is 154 Å². The summed E-state index contributed by atoms with van der Waals surface area (Å²) >= 11 is 0. The van der Waals surface area contributed by atoms with Gasteiger partial charge in [-0.3, -0.25) is 4.99 Å². The highest BCUT2D eigenvalue weighted by Gasteiger charge is 2.17. The molecule has 5 heteroatoms. The minimum Gasteiger partial charge on any atom is -0.356 e. The number of guanidine groups is 1. The molecule has 0 aromatic heterocycles. The van der Waals surface area contributed by atoms with Crippen LogP contribution in [0, 0.1) is 5.92 Å². The lowest BCUT2D eigenvalue weighted by Crippen LogP contribution is -2.45. The predicted molar refractivity (Wildman–Crippen MR) is 108 cm³/mol. The lowest BCUT2D eigenvalue weighted by Gasteiger charge is -2.31. The number of rotatable bonds is 7. The van der Waals surface area contributed by atoms with Gasteiger partial charge in [0.15, 0.2) is 5.96 Å². The SMILES string of the molecule is CN=C(NCCCN(C)C1CCCCC1)NC(C)C(C)C.I. The lowest BCUT2D eigenvalue weighted by atomic mass is 9.94. The van der Waals surface area contributed by atoms with Crippen molar-refractivity contribution in [3.8, 4) is 0 Å². The van der Waals surface area contributed by atoms with Crippen LogP contribution in [-0.2, 0) is 0 Å². The largest absolute Gasteiger partial charge is 0.356 e. The first-order chi connectivity index (χ1) is 10.0. The smallest absolute Gasteiger partial charge is 0.191 e. The van der Waals surface area contributed by atoms with Crippen molar-refractivity contribution in [2.45, 2.75) is 71.4 Å². The zero-order chi connectivity index (χ0) is 15.7. The Balaban J connectivity index is 0.00000441. The molecule has 1 saturated carbocycles. The molecule has 0 radical (unpaired) electrons. The molecule has 2 N–H and O–H groups in total. The van der Waals surface area contributed by atoms with Crippen LogP contribution in [-0.4, -0.2) is 50.1 Å². The molecular weight excluding hydrogens is 387 g/mol. The van der Waals surface area contributed by atoms with Crippen molar-refractivity contribution in [2.75, 3.05) is 27.2 Å². The molecule has 1 unspecified atom stereocenters. The highest BCUT2D eigenvalue weighted by Crippen LogP contribution is 2.21. The van der Waals surface area contributed by atoms with Gasteiger partial charge in [-0.2, -0.15) is 0 Å².